The van der Waals surface area contributed by atoms with E-state index in [1.807, 2.05) is 6.07 Å². The van der Waals surface area contributed by atoms with E-state index >= 15 is 0 Å². The van der Waals surface area contributed by atoms with Crippen LogP contribution in [0.3, 0.4) is 0 Å². The minimum atomic E-state index is -0.233. The molecule has 3 heteroatoms. The summed E-state index contributed by atoms with van der Waals surface area (Å²) in [6.45, 7) is 4.42. The molecule has 0 aliphatic heterocycles. The van der Waals surface area contributed by atoms with E-state index in [0.29, 0.717) is 10.4 Å². The largest absolute Gasteiger partial charge is 0.206 e. The molecule has 20 heavy (non-hydrogen) atoms. The summed E-state index contributed by atoms with van der Waals surface area (Å²) < 4.78 is 14.1. The highest BCUT2D eigenvalue weighted by atomic mass is 79.9. The lowest BCUT2D eigenvalue weighted by molar-refractivity contribution is 0.619. The second kappa shape index (κ2) is 6.86. The average Bonchev–Trinajstić information content (AvgIpc) is 2.48. The molecule has 0 aliphatic rings. The third-order valence-electron chi connectivity index (χ3n) is 3.67. The molecular weight excluding hydrogens is 383 g/mol. The molecule has 2 rings (SSSR count). The van der Waals surface area contributed by atoms with Crippen LogP contribution in [0.1, 0.15) is 47.7 Å². The van der Waals surface area contributed by atoms with Gasteiger partial charge in [-0.15, -0.1) is 0 Å². The van der Waals surface area contributed by atoms with Crippen molar-refractivity contribution < 1.29 is 4.39 Å². The van der Waals surface area contributed by atoms with E-state index in [2.05, 4.69) is 70.0 Å². The average molecular weight is 400 g/mol. The van der Waals surface area contributed by atoms with E-state index in [1.54, 1.807) is 6.07 Å². The Balaban J connectivity index is 2.29. The van der Waals surface area contributed by atoms with E-state index < -0.39 is 0 Å². The molecule has 0 aromatic heterocycles. The third-order valence-corrected chi connectivity index (χ3v) is 5.52. The molecule has 0 heterocycles. The molecule has 0 aliphatic carbocycles. The molecule has 0 bridgehead atoms. The van der Waals surface area contributed by atoms with Crippen molar-refractivity contribution >= 4 is 31.9 Å². The molecule has 2 aromatic carbocycles. The first-order valence-electron chi connectivity index (χ1n) is 6.72. The predicted octanol–water partition coefficient (Wildman–Crippen LogP) is 6.59. The number of rotatable bonds is 4. The van der Waals surface area contributed by atoms with E-state index in [1.165, 1.54) is 11.6 Å². The van der Waals surface area contributed by atoms with Crippen molar-refractivity contribution in [3.8, 4) is 0 Å². The van der Waals surface area contributed by atoms with Gasteiger partial charge in [0.15, 0.2) is 0 Å². The molecule has 0 fully saturated rings. The SMILES string of the molecule is CCC(C)c1ccc(C(Br)c2cccc(F)c2Br)cc1. The zero-order valence-electron chi connectivity index (χ0n) is 11.5. The van der Waals surface area contributed by atoms with Crippen LogP contribution in [-0.2, 0) is 0 Å². The molecule has 0 saturated heterocycles. The van der Waals surface area contributed by atoms with Gasteiger partial charge in [0.1, 0.15) is 5.82 Å². The van der Waals surface area contributed by atoms with Gasteiger partial charge in [-0.2, -0.15) is 0 Å². The standard InChI is InChI=1S/C17H17Br2F/c1-3-11(2)12-7-9-13(10-8-12)16(18)14-5-4-6-15(20)17(14)19/h4-11,16H,3H2,1-2H3. The fourth-order valence-corrected chi connectivity index (χ4v) is 3.61. The van der Waals surface area contributed by atoms with E-state index in [4.69, 9.17) is 0 Å². The van der Waals surface area contributed by atoms with Crippen LogP contribution in [0.4, 0.5) is 4.39 Å². The number of halogens is 3. The van der Waals surface area contributed by atoms with E-state index in [-0.39, 0.29) is 10.6 Å². The Bertz CT molecular complexity index is 578. The van der Waals surface area contributed by atoms with Crippen LogP contribution in [-0.4, -0.2) is 0 Å². The zero-order valence-corrected chi connectivity index (χ0v) is 14.7. The summed E-state index contributed by atoms with van der Waals surface area (Å²) in [4.78, 5) is -0.0152. The van der Waals surface area contributed by atoms with Crippen LogP contribution in [0.25, 0.3) is 0 Å². The monoisotopic (exact) mass is 398 g/mol. The van der Waals surface area contributed by atoms with Crippen LogP contribution >= 0.6 is 31.9 Å². The molecule has 2 atom stereocenters. The summed E-state index contributed by atoms with van der Waals surface area (Å²) in [5, 5.41) is 0. The molecular formula is C17H17Br2F. The fourth-order valence-electron chi connectivity index (χ4n) is 2.12. The molecule has 0 saturated carbocycles. The number of hydrogen-bond acceptors (Lipinski definition) is 0. The molecule has 106 valence electrons. The maximum atomic E-state index is 13.6. The quantitative estimate of drug-likeness (QED) is 0.509. The van der Waals surface area contributed by atoms with Gasteiger partial charge in [-0.1, -0.05) is 66.2 Å². The maximum Gasteiger partial charge on any atom is 0.137 e. The Labute approximate surface area is 136 Å². The molecule has 2 aromatic rings. The Morgan fingerprint density at radius 2 is 1.65 bits per heavy atom. The highest BCUT2D eigenvalue weighted by Crippen LogP contribution is 2.36. The van der Waals surface area contributed by atoms with Crippen LogP contribution in [0.5, 0.6) is 0 Å². The first kappa shape index (κ1) is 15.7. The number of alkyl halides is 1. The van der Waals surface area contributed by atoms with Crippen LogP contribution < -0.4 is 0 Å². The van der Waals surface area contributed by atoms with Crippen molar-refractivity contribution in [3.05, 3.63) is 69.4 Å². The lowest BCUT2D eigenvalue weighted by atomic mass is 9.96. The summed E-state index contributed by atoms with van der Waals surface area (Å²) in [6.07, 6.45) is 1.13. The van der Waals surface area contributed by atoms with Crippen molar-refractivity contribution in [2.75, 3.05) is 0 Å². The topological polar surface area (TPSA) is 0 Å². The second-order valence-corrected chi connectivity index (χ2v) is 6.69. The van der Waals surface area contributed by atoms with Gasteiger partial charge >= 0.3 is 0 Å². The predicted molar refractivity (Wildman–Crippen MR) is 90.0 cm³/mol. The van der Waals surface area contributed by atoms with Crippen molar-refractivity contribution in [3.63, 3.8) is 0 Å². The van der Waals surface area contributed by atoms with Gasteiger partial charge in [0, 0.05) is 0 Å². The first-order valence-corrected chi connectivity index (χ1v) is 8.43. The minimum absolute atomic E-state index is 0.0152. The lowest BCUT2D eigenvalue weighted by Crippen LogP contribution is -1.97. The van der Waals surface area contributed by atoms with Crippen LogP contribution in [0.15, 0.2) is 46.9 Å². The Morgan fingerprint density at radius 3 is 2.25 bits per heavy atom. The van der Waals surface area contributed by atoms with Crippen LogP contribution in [0.2, 0.25) is 0 Å². The Morgan fingerprint density at radius 1 is 1.05 bits per heavy atom. The first-order chi connectivity index (χ1) is 9.54. The number of benzene rings is 2. The third kappa shape index (κ3) is 3.32. The smallest absolute Gasteiger partial charge is 0.137 e. The Kier molecular flexibility index (Phi) is 5.39. The van der Waals surface area contributed by atoms with Gasteiger partial charge in [-0.25, -0.2) is 4.39 Å². The molecule has 0 spiro atoms. The van der Waals surface area contributed by atoms with Gasteiger partial charge in [0.2, 0.25) is 0 Å². The zero-order chi connectivity index (χ0) is 14.7. The van der Waals surface area contributed by atoms with E-state index in [9.17, 15) is 4.39 Å². The van der Waals surface area contributed by atoms with Gasteiger partial charge in [-0.05, 0) is 51.0 Å². The summed E-state index contributed by atoms with van der Waals surface area (Å²) in [7, 11) is 0. The fraction of sp³-hybridized carbons (Fsp3) is 0.294. The van der Waals surface area contributed by atoms with E-state index in [0.717, 1.165) is 17.5 Å². The molecule has 0 nitrogen and oxygen atoms in total. The van der Waals surface area contributed by atoms with Crippen molar-refractivity contribution in [2.24, 2.45) is 0 Å². The summed E-state index contributed by atoms with van der Waals surface area (Å²) in [5.41, 5.74) is 3.37. The van der Waals surface area contributed by atoms with Gasteiger partial charge in [0.25, 0.3) is 0 Å². The number of hydrogen-bond donors (Lipinski definition) is 0. The van der Waals surface area contributed by atoms with Gasteiger partial charge < -0.3 is 0 Å². The summed E-state index contributed by atoms with van der Waals surface area (Å²) in [6, 6.07) is 13.7. The summed E-state index contributed by atoms with van der Waals surface area (Å²) >= 11 is 6.98. The van der Waals surface area contributed by atoms with Crippen molar-refractivity contribution in [1.29, 1.82) is 0 Å². The van der Waals surface area contributed by atoms with Crippen molar-refractivity contribution in [2.45, 2.75) is 31.0 Å². The maximum absolute atomic E-state index is 13.6. The molecule has 0 N–H and O–H groups in total. The lowest BCUT2D eigenvalue weighted by Gasteiger charge is -2.15. The molecule has 2 unspecified atom stereocenters. The summed E-state index contributed by atoms with van der Waals surface area (Å²) in [5.74, 6) is 0.335. The molecule has 0 radical (unpaired) electrons. The van der Waals surface area contributed by atoms with Gasteiger partial charge in [0.05, 0.1) is 9.30 Å². The minimum Gasteiger partial charge on any atom is -0.206 e. The normalized spacial score (nSPS) is 14.1. The van der Waals surface area contributed by atoms with Gasteiger partial charge in [-0.3, -0.25) is 0 Å². The molecule has 0 amide bonds. The second-order valence-electron chi connectivity index (χ2n) is 4.98. The highest BCUT2D eigenvalue weighted by molar-refractivity contribution is 9.11. The van der Waals surface area contributed by atoms with Crippen molar-refractivity contribution in [1.82, 2.24) is 0 Å². The van der Waals surface area contributed by atoms with Crippen LogP contribution in [0, 0.1) is 5.82 Å². The Hall–Kier alpha value is -0.670. The highest BCUT2D eigenvalue weighted by Gasteiger charge is 2.16.